The molecule has 1 rings (SSSR count). The third-order valence-electron chi connectivity index (χ3n) is 2.86. The highest BCUT2D eigenvalue weighted by atomic mass is 35.5. The average Bonchev–Trinajstić information content (AvgIpc) is 2.39. The van der Waals surface area contributed by atoms with Gasteiger partial charge in [-0.05, 0) is 25.1 Å². The number of halogens is 1. The topological polar surface area (TPSA) is 70.4 Å². The van der Waals surface area contributed by atoms with Gasteiger partial charge in [-0.2, -0.15) is 9.57 Å². The highest BCUT2D eigenvalue weighted by Gasteiger charge is 2.29. The number of hydrogen-bond acceptors (Lipinski definition) is 4. The summed E-state index contributed by atoms with van der Waals surface area (Å²) >= 11 is 5.97. The lowest BCUT2D eigenvalue weighted by Gasteiger charge is -2.27. The molecule has 0 saturated carbocycles. The van der Waals surface area contributed by atoms with E-state index in [9.17, 15) is 8.42 Å². The molecule has 1 atom stereocenters. The zero-order valence-electron chi connectivity index (χ0n) is 11.6. The van der Waals surface area contributed by atoms with Crippen molar-refractivity contribution in [1.29, 1.82) is 5.26 Å². The summed E-state index contributed by atoms with van der Waals surface area (Å²) in [5, 5.41) is 8.99. The van der Waals surface area contributed by atoms with Crippen LogP contribution in [0.5, 0.6) is 0 Å². The Balaban J connectivity index is 3.31. The molecule has 20 heavy (non-hydrogen) atoms. The minimum atomic E-state index is -3.77. The summed E-state index contributed by atoms with van der Waals surface area (Å²) in [6, 6.07) is 5.78. The van der Waals surface area contributed by atoms with Crippen molar-refractivity contribution in [3.63, 3.8) is 0 Å². The molecule has 1 aromatic carbocycles. The van der Waals surface area contributed by atoms with Crippen LogP contribution >= 0.6 is 11.6 Å². The first kappa shape index (κ1) is 16.9. The molecule has 0 radical (unpaired) electrons. The van der Waals surface area contributed by atoms with Crippen LogP contribution in [0, 0.1) is 11.3 Å². The number of nitrogens with zero attached hydrogens (tertiary/aromatic N) is 2. The van der Waals surface area contributed by atoms with Gasteiger partial charge in [0.2, 0.25) is 10.0 Å². The fourth-order valence-electron chi connectivity index (χ4n) is 1.94. The monoisotopic (exact) mass is 316 g/mol. The van der Waals surface area contributed by atoms with E-state index in [4.69, 9.17) is 21.6 Å². The maximum atomic E-state index is 12.6. The van der Waals surface area contributed by atoms with Crippen LogP contribution in [0.25, 0.3) is 0 Å². The van der Waals surface area contributed by atoms with E-state index in [2.05, 4.69) is 0 Å². The zero-order valence-corrected chi connectivity index (χ0v) is 13.2. The molecule has 0 aliphatic carbocycles. The summed E-state index contributed by atoms with van der Waals surface area (Å²) in [5.41, 5.74) is 0.253. The van der Waals surface area contributed by atoms with Gasteiger partial charge in [-0.3, -0.25) is 0 Å². The summed E-state index contributed by atoms with van der Waals surface area (Å²) in [6.07, 6.45) is 0. The van der Waals surface area contributed by atoms with Crippen LogP contribution in [0.15, 0.2) is 23.1 Å². The predicted molar refractivity (Wildman–Crippen MR) is 77.1 cm³/mol. The number of ether oxygens (including phenoxy) is 1. The first-order chi connectivity index (χ1) is 9.38. The van der Waals surface area contributed by atoms with Crippen LogP contribution in [0.1, 0.15) is 19.4 Å². The second-order valence-electron chi connectivity index (χ2n) is 4.27. The van der Waals surface area contributed by atoms with E-state index in [1.54, 1.807) is 13.8 Å². The second kappa shape index (κ2) is 7.04. The fraction of sp³-hybridized carbons (Fsp3) is 0.462. The van der Waals surface area contributed by atoms with Crippen LogP contribution in [0.4, 0.5) is 0 Å². The lowest BCUT2D eigenvalue weighted by Crippen LogP contribution is -2.40. The van der Waals surface area contributed by atoms with Gasteiger partial charge in [0.05, 0.1) is 23.3 Å². The predicted octanol–water partition coefficient (Wildman–Crippen LogP) is 2.26. The summed E-state index contributed by atoms with van der Waals surface area (Å²) in [7, 11) is -2.25. The standard InChI is InChI=1S/C13H17ClN2O3S/c1-4-16(10(2)9-19-3)20(17,18)13-7-11(8-15)5-6-12(13)14/h5-7,10H,4,9H2,1-3H3. The molecule has 0 spiro atoms. The molecular weight excluding hydrogens is 300 g/mol. The average molecular weight is 317 g/mol. The first-order valence-corrected chi connectivity index (χ1v) is 7.90. The Labute approximate surface area is 124 Å². The Bertz CT molecular complexity index is 611. The van der Waals surface area contributed by atoms with Crippen LogP contribution in [-0.2, 0) is 14.8 Å². The van der Waals surface area contributed by atoms with E-state index in [-0.39, 0.29) is 28.1 Å². The quantitative estimate of drug-likeness (QED) is 0.807. The van der Waals surface area contributed by atoms with Crippen molar-refractivity contribution in [1.82, 2.24) is 4.31 Å². The molecule has 1 aromatic rings. The molecule has 0 heterocycles. The molecule has 110 valence electrons. The molecule has 0 bridgehead atoms. The van der Waals surface area contributed by atoms with Crippen LogP contribution in [0.2, 0.25) is 5.02 Å². The van der Waals surface area contributed by atoms with Crippen molar-refractivity contribution < 1.29 is 13.2 Å². The van der Waals surface area contributed by atoms with Gasteiger partial charge >= 0.3 is 0 Å². The Morgan fingerprint density at radius 1 is 1.50 bits per heavy atom. The van der Waals surface area contributed by atoms with Crippen molar-refractivity contribution in [2.75, 3.05) is 20.3 Å². The van der Waals surface area contributed by atoms with Gasteiger partial charge in [-0.25, -0.2) is 8.42 Å². The van der Waals surface area contributed by atoms with Crippen molar-refractivity contribution >= 4 is 21.6 Å². The van der Waals surface area contributed by atoms with Crippen LogP contribution < -0.4 is 0 Å². The molecule has 0 amide bonds. The Kier molecular flexibility index (Phi) is 5.96. The smallest absolute Gasteiger partial charge is 0.244 e. The molecule has 0 fully saturated rings. The van der Waals surface area contributed by atoms with Crippen LogP contribution in [0.3, 0.4) is 0 Å². The van der Waals surface area contributed by atoms with E-state index < -0.39 is 10.0 Å². The molecular formula is C13H17ClN2O3S. The fourth-order valence-corrected chi connectivity index (χ4v) is 4.07. The Morgan fingerprint density at radius 3 is 2.65 bits per heavy atom. The number of hydrogen-bond donors (Lipinski definition) is 0. The van der Waals surface area contributed by atoms with Gasteiger partial charge in [0.15, 0.2) is 0 Å². The van der Waals surface area contributed by atoms with Crippen LogP contribution in [-0.4, -0.2) is 39.0 Å². The van der Waals surface area contributed by atoms with Crippen molar-refractivity contribution in [3.8, 4) is 6.07 Å². The highest BCUT2D eigenvalue weighted by Crippen LogP contribution is 2.26. The molecule has 5 nitrogen and oxygen atoms in total. The Morgan fingerprint density at radius 2 is 2.15 bits per heavy atom. The van der Waals surface area contributed by atoms with Gasteiger partial charge in [0.1, 0.15) is 4.90 Å². The number of nitriles is 1. The largest absolute Gasteiger partial charge is 0.383 e. The first-order valence-electron chi connectivity index (χ1n) is 6.08. The summed E-state index contributed by atoms with van der Waals surface area (Å²) in [6.45, 7) is 4.07. The van der Waals surface area contributed by atoms with Gasteiger partial charge < -0.3 is 4.74 Å². The van der Waals surface area contributed by atoms with Gasteiger partial charge in [0.25, 0.3) is 0 Å². The van der Waals surface area contributed by atoms with Gasteiger partial charge in [-0.1, -0.05) is 18.5 Å². The van der Waals surface area contributed by atoms with Crippen molar-refractivity contribution in [2.45, 2.75) is 24.8 Å². The minimum Gasteiger partial charge on any atom is -0.383 e. The van der Waals surface area contributed by atoms with Gasteiger partial charge in [0, 0.05) is 19.7 Å². The number of rotatable bonds is 6. The lowest BCUT2D eigenvalue weighted by molar-refractivity contribution is 0.142. The summed E-state index contributed by atoms with van der Waals surface area (Å²) < 4.78 is 31.6. The zero-order chi connectivity index (χ0) is 15.3. The van der Waals surface area contributed by atoms with E-state index in [1.165, 1.54) is 29.6 Å². The molecule has 7 heteroatoms. The lowest BCUT2D eigenvalue weighted by atomic mass is 10.2. The minimum absolute atomic E-state index is 0.0528. The SMILES string of the molecule is CCN(C(C)COC)S(=O)(=O)c1cc(C#N)ccc1Cl. The van der Waals surface area contributed by atoms with E-state index in [1.807, 2.05) is 6.07 Å². The van der Waals surface area contributed by atoms with E-state index >= 15 is 0 Å². The molecule has 0 saturated heterocycles. The highest BCUT2D eigenvalue weighted by molar-refractivity contribution is 7.89. The normalized spacial score (nSPS) is 13.2. The molecule has 0 N–H and O–H groups in total. The second-order valence-corrected chi connectivity index (χ2v) is 6.54. The summed E-state index contributed by atoms with van der Waals surface area (Å²) in [5.74, 6) is 0. The van der Waals surface area contributed by atoms with Gasteiger partial charge in [-0.15, -0.1) is 0 Å². The number of methoxy groups -OCH3 is 1. The van der Waals surface area contributed by atoms with Crippen molar-refractivity contribution in [3.05, 3.63) is 28.8 Å². The third kappa shape index (κ3) is 3.49. The molecule has 0 aromatic heterocycles. The molecule has 0 aliphatic rings. The summed E-state index contributed by atoms with van der Waals surface area (Å²) in [4.78, 5) is -0.0528. The maximum absolute atomic E-state index is 12.6. The molecule has 1 unspecified atom stereocenters. The number of benzene rings is 1. The van der Waals surface area contributed by atoms with E-state index in [0.717, 1.165) is 0 Å². The number of likely N-dealkylation sites (N-methyl/N-ethyl adjacent to an activating group) is 1. The number of sulfonamides is 1. The third-order valence-corrected chi connectivity index (χ3v) is 5.43. The van der Waals surface area contributed by atoms with Crippen molar-refractivity contribution in [2.24, 2.45) is 0 Å². The molecule has 0 aliphatic heterocycles. The Hall–Kier alpha value is -1.13. The maximum Gasteiger partial charge on any atom is 0.244 e. The van der Waals surface area contributed by atoms with E-state index in [0.29, 0.717) is 6.54 Å².